The minimum Gasteiger partial charge on any atom is -0.480 e. The zero-order valence-corrected chi connectivity index (χ0v) is 6.77. The summed E-state index contributed by atoms with van der Waals surface area (Å²) in [7, 11) is 0. The molecule has 0 aliphatic carbocycles. The molecule has 0 amide bonds. The first-order valence-corrected chi connectivity index (χ1v) is 3.66. The van der Waals surface area contributed by atoms with Crippen molar-refractivity contribution in [1.29, 1.82) is 0 Å². The summed E-state index contributed by atoms with van der Waals surface area (Å²) >= 11 is 0. The number of carboxylic acids is 1. The molecule has 0 aliphatic heterocycles. The van der Waals surface area contributed by atoms with Crippen LogP contribution in [0.2, 0.25) is 0 Å². The number of carboxylic acid groups (broad SMARTS) is 1. The Morgan fingerprint density at radius 3 is 2.50 bits per heavy atom. The molecule has 1 aromatic rings. The first-order valence-electron chi connectivity index (χ1n) is 3.66. The van der Waals surface area contributed by atoms with E-state index < -0.39 is 12.0 Å². The molecule has 1 atom stereocenters. The van der Waals surface area contributed by atoms with E-state index in [4.69, 9.17) is 5.11 Å². The Hall–Kier alpha value is -1.58. The van der Waals surface area contributed by atoms with E-state index in [0.717, 1.165) is 0 Å². The van der Waals surface area contributed by atoms with Crippen LogP contribution in [0, 0.1) is 0 Å². The molecule has 0 spiro atoms. The van der Waals surface area contributed by atoms with Gasteiger partial charge >= 0.3 is 5.97 Å². The Bertz CT molecular complexity index is 261. The van der Waals surface area contributed by atoms with Crippen LogP contribution < -0.4 is 10.1 Å². The van der Waals surface area contributed by atoms with E-state index in [1.165, 1.54) is 0 Å². The fourth-order valence-corrected chi connectivity index (χ4v) is 0.764. The highest BCUT2D eigenvalue weighted by molar-refractivity contribution is 5.73. The maximum absolute atomic E-state index is 10.4. The molecule has 4 heteroatoms. The molecule has 0 saturated heterocycles. The number of aromatic nitrogens is 1. The summed E-state index contributed by atoms with van der Waals surface area (Å²) in [5.41, 5.74) is 2.76. The molecular formula is C8H11N2O2+. The summed E-state index contributed by atoms with van der Waals surface area (Å²) in [5.74, 6) is -0.869. The summed E-state index contributed by atoms with van der Waals surface area (Å²) in [6.07, 6.45) is 3.50. The summed E-state index contributed by atoms with van der Waals surface area (Å²) < 4.78 is 1.61. The van der Waals surface area contributed by atoms with Gasteiger partial charge in [0.05, 0.1) is 0 Å². The zero-order chi connectivity index (χ0) is 8.97. The van der Waals surface area contributed by atoms with E-state index in [2.05, 4.69) is 5.43 Å². The quantitative estimate of drug-likeness (QED) is 0.622. The normalized spacial score (nSPS) is 12.1. The molecule has 4 nitrogen and oxygen atoms in total. The molecule has 0 fully saturated rings. The Morgan fingerprint density at radius 1 is 1.42 bits per heavy atom. The van der Waals surface area contributed by atoms with Gasteiger partial charge in [-0.05, 0) is 6.92 Å². The fraction of sp³-hybridized carbons (Fsp3) is 0.250. The molecule has 1 heterocycles. The second-order valence-electron chi connectivity index (χ2n) is 2.47. The highest BCUT2D eigenvalue weighted by atomic mass is 16.4. The van der Waals surface area contributed by atoms with Gasteiger partial charge in [0, 0.05) is 12.1 Å². The largest absolute Gasteiger partial charge is 0.480 e. The lowest BCUT2D eigenvalue weighted by Gasteiger charge is -2.03. The molecule has 0 aromatic carbocycles. The number of nitrogens with zero attached hydrogens (tertiary/aromatic N) is 1. The van der Waals surface area contributed by atoms with E-state index in [1.54, 1.807) is 24.0 Å². The van der Waals surface area contributed by atoms with Crippen LogP contribution in [0.3, 0.4) is 0 Å². The van der Waals surface area contributed by atoms with Crippen molar-refractivity contribution < 1.29 is 14.6 Å². The van der Waals surface area contributed by atoms with Crippen LogP contribution in [0.25, 0.3) is 0 Å². The number of carbonyl (C=O) groups is 1. The molecular weight excluding hydrogens is 156 g/mol. The van der Waals surface area contributed by atoms with E-state index >= 15 is 0 Å². The molecule has 1 rings (SSSR count). The average molecular weight is 167 g/mol. The van der Waals surface area contributed by atoms with Gasteiger partial charge < -0.3 is 5.11 Å². The smallest absolute Gasteiger partial charge is 0.331 e. The number of rotatable bonds is 3. The van der Waals surface area contributed by atoms with Crippen molar-refractivity contribution in [3.63, 3.8) is 0 Å². The second kappa shape index (κ2) is 3.71. The van der Waals surface area contributed by atoms with Crippen molar-refractivity contribution >= 4 is 5.97 Å². The Kier molecular flexibility index (Phi) is 2.63. The minimum atomic E-state index is -0.869. The highest BCUT2D eigenvalue weighted by Gasteiger charge is 2.13. The first-order chi connectivity index (χ1) is 5.70. The average Bonchev–Trinajstić information content (AvgIpc) is 2.06. The van der Waals surface area contributed by atoms with Crippen LogP contribution >= 0.6 is 0 Å². The van der Waals surface area contributed by atoms with Crippen molar-refractivity contribution in [1.82, 2.24) is 0 Å². The SMILES string of the molecule is CC(N[n+]1ccccc1)C(=O)O. The number of pyridine rings is 1. The Labute approximate surface area is 70.4 Å². The Balaban J connectivity index is 2.58. The molecule has 2 N–H and O–H groups in total. The maximum Gasteiger partial charge on any atom is 0.331 e. The minimum absolute atomic E-state index is 0.586. The predicted octanol–water partition coefficient (Wildman–Crippen LogP) is -0.00930. The molecule has 0 radical (unpaired) electrons. The number of hydrogen-bond donors (Lipinski definition) is 2. The number of hydrogen-bond acceptors (Lipinski definition) is 2. The summed E-state index contributed by atoms with van der Waals surface area (Å²) in [6.45, 7) is 1.59. The standard InChI is InChI=1S/C8H10N2O2/c1-7(8(11)12)9-10-5-3-2-4-6-10/h2-7,9H,1H3/p+1. The van der Waals surface area contributed by atoms with Gasteiger partial charge in [-0.2, -0.15) is 5.43 Å². The van der Waals surface area contributed by atoms with Crippen molar-refractivity contribution in [2.75, 3.05) is 5.43 Å². The van der Waals surface area contributed by atoms with Crippen LogP contribution in [0.4, 0.5) is 0 Å². The summed E-state index contributed by atoms with van der Waals surface area (Å²) in [4.78, 5) is 10.4. The van der Waals surface area contributed by atoms with Gasteiger partial charge in [-0.15, -0.1) is 0 Å². The molecule has 0 aliphatic rings. The van der Waals surface area contributed by atoms with Crippen LogP contribution in [-0.4, -0.2) is 17.1 Å². The maximum atomic E-state index is 10.4. The molecule has 1 unspecified atom stereocenters. The van der Waals surface area contributed by atoms with E-state index in [0.29, 0.717) is 0 Å². The fourth-order valence-electron chi connectivity index (χ4n) is 0.764. The summed E-state index contributed by atoms with van der Waals surface area (Å²) in [6, 6.07) is 4.92. The second-order valence-corrected chi connectivity index (χ2v) is 2.47. The third-order valence-electron chi connectivity index (χ3n) is 1.43. The highest BCUT2D eigenvalue weighted by Crippen LogP contribution is 1.80. The van der Waals surface area contributed by atoms with Crippen LogP contribution in [0.15, 0.2) is 30.6 Å². The van der Waals surface area contributed by atoms with Crippen molar-refractivity contribution in [3.05, 3.63) is 30.6 Å². The molecule has 0 saturated carbocycles. The van der Waals surface area contributed by atoms with Crippen LogP contribution in [-0.2, 0) is 4.79 Å². The van der Waals surface area contributed by atoms with E-state index in [-0.39, 0.29) is 0 Å². The number of nitrogens with one attached hydrogen (secondary N) is 1. The number of aliphatic carboxylic acids is 1. The van der Waals surface area contributed by atoms with Gasteiger partial charge in [-0.25, -0.2) is 4.79 Å². The van der Waals surface area contributed by atoms with Crippen molar-refractivity contribution in [2.24, 2.45) is 0 Å². The van der Waals surface area contributed by atoms with Gasteiger partial charge in [0.2, 0.25) is 0 Å². The van der Waals surface area contributed by atoms with Crippen molar-refractivity contribution in [3.8, 4) is 0 Å². The van der Waals surface area contributed by atoms with Crippen LogP contribution in [0.1, 0.15) is 6.92 Å². The lowest BCUT2D eigenvalue weighted by atomic mass is 10.4. The van der Waals surface area contributed by atoms with E-state index in [1.807, 2.05) is 18.2 Å². The van der Waals surface area contributed by atoms with Gasteiger partial charge in [-0.3, -0.25) is 0 Å². The lowest BCUT2D eigenvalue weighted by molar-refractivity contribution is -0.652. The van der Waals surface area contributed by atoms with Crippen molar-refractivity contribution in [2.45, 2.75) is 13.0 Å². The Morgan fingerprint density at radius 2 is 2.00 bits per heavy atom. The lowest BCUT2D eigenvalue weighted by Crippen LogP contribution is -2.51. The monoisotopic (exact) mass is 167 g/mol. The third kappa shape index (κ3) is 2.23. The third-order valence-corrected chi connectivity index (χ3v) is 1.43. The summed E-state index contributed by atoms with van der Waals surface area (Å²) in [5, 5.41) is 8.57. The molecule has 64 valence electrons. The predicted molar refractivity (Wildman–Crippen MR) is 43.1 cm³/mol. The van der Waals surface area contributed by atoms with Gasteiger partial charge in [0.1, 0.15) is 0 Å². The molecule has 0 bridgehead atoms. The van der Waals surface area contributed by atoms with Gasteiger partial charge in [-0.1, -0.05) is 10.7 Å². The van der Waals surface area contributed by atoms with Gasteiger partial charge in [0.25, 0.3) is 0 Å². The molecule has 1 aromatic heterocycles. The topological polar surface area (TPSA) is 53.2 Å². The van der Waals surface area contributed by atoms with Crippen LogP contribution in [0.5, 0.6) is 0 Å². The van der Waals surface area contributed by atoms with E-state index in [9.17, 15) is 4.79 Å². The first kappa shape index (κ1) is 8.52. The van der Waals surface area contributed by atoms with Gasteiger partial charge in [0.15, 0.2) is 18.4 Å². The molecule has 12 heavy (non-hydrogen) atoms. The zero-order valence-electron chi connectivity index (χ0n) is 6.77.